The van der Waals surface area contributed by atoms with Crippen LogP contribution in [-0.4, -0.2) is 36.5 Å². The molecule has 3 rings (SSSR count). The van der Waals surface area contributed by atoms with Gasteiger partial charge in [0.15, 0.2) is 11.5 Å². The zero-order chi connectivity index (χ0) is 19.4. The lowest BCUT2D eigenvalue weighted by Gasteiger charge is -2.26. The number of carbonyl (C=O) groups excluding carboxylic acids is 3. The Kier molecular flexibility index (Phi) is 5.16. The highest BCUT2D eigenvalue weighted by Crippen LogP contribution is 2.29. The Morgan fingerprint density at radius 3 is 2.67 bits per heavy atom. The molecule has 4 amide bonds. The van der Waals surface area contributed by atoms with E-state index in [1.165, 1.54) is 25.6 Å². The van der Waals surface area contributed by atoms with Gasteiger partial charge in [-0.25, -0.2) is 9.69 Å². The Labute approximate surface area is 155 Å². The smallest absolute Gasteiger partial charge is 0.336 e. The number of amides is 4. The van der Waals surface area contributed by atoms with Crippen molar-refractivity contribution < 1.29 is 23.9 Å². The molecule has 0 saturated carbocycles. The number of benzene rings is 1. The molecule has 1 fully saturated rings. The predicted molar refractivity (Wildman–Crippen MR) is 97.4 cm³/mol. The lowest BCUT2D eigenvalue weighted by Crippen LogP contribution is -2.54. The molecule has 8 nitrogen and oxygen atoms in total. The van der Waals surface area contributed by atoms with Crippen LogP contribution in [0.4, 0.5) is 10.5 Å². The van der Waals surface area contributed by atoms with E-state index in [1.807, 2.05) is 6.92 Å². The van der Waals surface area contributed by atoms with Gasteiger partial charge in [-0.2, -0.15) is 0 Å². The first-order valence-electron chi connectivity index (χ1n) is 8.17. The number of imide groups is 2. The van der Waals surface area contributed by atoms with Crippen LogP contribution < -0.4 is 19.7 Å². The summed E-state index contributed by atoms with van der Waals surface area (Å²) >= 11 is 0. The Balaban J connectivity index is 1.99. The summed E-state index contributed by atoms with van der Waals surface area (Å²) in [5, 5.41) is 2.17. The van der Waals surface area contributed by atoms with E-state index >= 15 is 0 Å². The Morgan fingerprint density at radius 2 is 2.00 bits per heavy atom. The molecule has 0 radical (unpaired) electrons. The van der Waals surface area contributed by atoms with Gasteiger partial charge in [0, 0.05) is 6.20 Å². The second kappa shape index (κ2) is 7.69. The zero-order valence-electron chi connectivity index (χ0n) is 14.8. The number of carbonyl (C=O) groups is 3. The maximum absolute atomic E-state index is 12.8. The predicted octanol–water partition coefficient (Wildman–Crippen LogP) is 2.16. The zero-order valence-corrected chi connectivity index (χ0v) is 14.8. The van der Waals surface area contributed by atoms with Crippen molar-refractivity contribution in [2.75, 3.05) is 18.6 Å². The maximum Gasteiger partial charge on any atom is 0.336 e. The second-order valence-electron chi connectivity index (χ2n) is 5.51. The fourth-order valence-electron chi connectivity index (χ4n) is 2.60. The van der Waals surface area contributed by atoms with Gasteiger partial charge in [0.05, 0.1) is 25.6 Å². The van der Waals surface area contributed by atoms with E-state index in [0.29, 0.717) is 23.7 Å². The van der Waals surface area contributed by atoms with Crippen molar-refractivity contribution in [3.8, 4) is 11.5 Å². The van der Waals surface area contributed by atoms with Crippen molar-refractivity contribution in [3.63, 3.8) is 0 Å². The highest BCUT2D eigenvalue weighted by Gasteiger charge is 2.36. The first kappa shape index (κ1) is 18.1. The van der Waals surface area contributed by atoms with E-state index in [4.69, 9.17) is 9.47 Å². The van der Waals surface area contributed by atoms with Gasteiger partial charge in [-0.15, -0.1) is 0 Å². The van der Waals surface area contributed by atoms with Crippen LogP contribution in [0.1, 0.15) is 12.5 Å². The topological polar surface area (TPSA) is 97.8 Å². The minimum absolute atomic E-state index is 0.175. The van der Waals surface area contributed by atoms with Crippen molar-refractivity contribution in [3.05, 3.63) is 53.9 Å². The van der Waals surface area contributed by atoms with Gasteiger partial charge in [-0.1, -0.05) is 6.07 Å². The van der Waals surface area contributed by atoms with Crippen molar-refractivity contribution in [2.45, 2.75) is 6.92 Å². The molecule has 1 N–H and O–H groups in total. The molecule has 8 heteroatoms. The van der Waals surface area contributed by atoms with E-state index in [1.54, 1.807) is 30.3 Å². The van der Waals surface area contributed by atoms with Gasteiger partial charge >= 0.3 is 6.03 Å². The number of hydrogen-bond donors (Lipinski definition) is 1. The number of nitrogens with zero attached hydrogens (tertiary/aromatic N) is 2. The molecule has 1 aliphatic heterocycles. The van der Waals surface area contributed by atoms with Crippen LogP contribution in [0.5, 0.6) is 11.5 Å². The summed E-state index contributed by atoms with van der Waals surface area (Å²) in [7, 11) is 1.52. The highest BCUT2D eigenvalue weighted by molar-refractivity contribution is 6.39. The third-order valence-electron chi connectivity index (χ3n) is 3.80. The number of methoxy groups -OCH3 is 1. The number of barbiturate groups is 1. The first-order valence-corrected chi connectivity index (χ1v) is 8.17. The molecule has 2 heterocycles. The molecule has 0 bridgehead atoms. The van der Waals surface area contributed by atoms with E-state index in [0.717, 1.165) is 4.90 Å². The molecule has 27 heavy (non-hydrogen) atoms. The summed E-state index contributed by atoms with van der Waals surface area (Å²) in [6, 6.07) is 7.33. The SMILES string of the molecule is CCOc1cc(/C=C2\C(=O)NC(=O)N(c3cccnc3)C2=O)ccc1OC. The quantitative estimate of drug-likeness (QED) is 0.642. The summed E-state index contributed by atoms with van der Waals surface area (Å²) in [6.07, 6.45) is 4.28. The number of ether oxygens (including phenoxy) is 2. The van der Waals surface area contributed by atoms with Crippen LogP contribution in [0.2, 0.25) is 0 Å². The van der Waals surface area contributed by atoms with Gasteiger partial charge < -0.3 is 9.47 Å². The molecule has 1 saturated heterocycles. The molecule has 1 aromatic heterocycles. The summed E-state index contributed by atoms with van der Waals surface area (Å²) in [5.74, 6) is -0.478. The Morgan fingerprint density at radius 1 is 1.19 bits per heavy atom. The van der Waals surface area contributed by atoms with Crippen molar-refractivity contribution in [1.82, 2.24) is 10.3 Å². The standard InChI is InChI=1S/C19H17N3O5/c1-3-27-16-10-12(6-7-15(16)26-2)9-14-17(23)21-19(25)22(18(14)24)13-5-4-8-20-11-13/h4-11H,3H2,1-2H3,(H,21,23,25)/b14-9+. The molecular formula is C19H17N3O5. The van der Waals surface area contributed by atoms with Crippen molar-refractivity contribution in [1.29, 1.82) is 0 Å². The van der Waals surface area contributed by atoms with E-state index in [-0.39, 0.29) is 11.3 Å². The fourth-order valence-corrected chi connectivity index (χ4v) is 2.60. The number of rotatable bonds is 5. The van der Waals surface area contributed by atoms with Gasteiger partial charge in [-0.05, 0) is 42.8 Å². The first-order chi connectivity index (χ1) is 13.0. The van der Waals surface area contributed by atoms with Gasteiger partial charge in [0.25, 0.3) is 11.8 Å². The average molecular weight is 367 g/mol. The van der Waals surface area contributed by atoms with Crippen molar-refractivity contribution >= 4 is 29.6 Å². The van der Waals surface area contributed by atoms with Crippen LogP contribution in [0, 0.1) is 0 Å². The minimum atomic E-state index is -0.820. The third kappa shape index (κ3) is 3.64. The molecule has 1 aliphatic rings. The largest absolute Gasteiger partial charge is 0.493 e. The average Bonchev–Trinajstić information content (AvgIpc) is 2.66. The summed E-state index contributed by atoms with van der Waals surface area (Å²) in [4.78, 5) is 41.9. The fraction of sp³-hybridized carbons (Fsp3) is 0.158. The van der Waals surface area contributed by atoms with E-state index in [2.05, 4.69) is 10.3 Å². The number of urea groups is 1. The minimum Gasteiger partial charge on any atom is -0.493 e. The van der Waals surface area contributed by atoms with Crippen LogP contribution in [0.25, 0.3) is 6.08 Å². The normalized spacial score (nSPS) is 15.7. The summed E-state index contributed by atoms with van der Waals surface area (Å²) < 4.78 is 10.7. The highest BCUT2D eigenvalue weighted by atomic mass is 16.5. The monoisotopic (exact) mass is 367 g/mol. The number of anilines is 1. The molecule has 0 unspecified atom stereocenters. The third-order valence-corrected chi connectivity index (χ3v) is 3.80. The molecular weight excluding hydrogens is 350 g/mol. The van der Waals surface area contributed by atoms with Crippen molar-refractivity contribution in [2.24, 2.45) is 0 Å². The van der Waals surface area contributed by atoms with E-state index in [9.17, 15) is 14.4 Å². The number of pyridine rings is 1. The van der Waals surface area contributed by atoms with Gasteiger partial charge in [0.2, 0.25) is 0 Å². The Bertz CT molecular complexity index is 924. The van der Waals surface area contributed by atoms with E-state index < -0.39 is 17.8 Å². The van der Waals surface area contributed by atoms with Crippen LogP contribution in [0.15, 0.2) is 48.3 Å². The lowest BCUT2D eigenvalue weighted by atomic mass is 10.1. The number of hydrogen-bond acceptors (Lipinski definition) is 6. The molecule has 0 aliphatic carbocycles. The summed E-state index contributed by atoms with van der Waals surface area (Å²) in [6.45, 7) is 2.26. The molecule has 2 aromatic rings. The number of aromatic nitrogens is 1. The Hall–Kier alpha value is -3.68. The molecule has 0 atom stereocenters. The van der Waals surface area contributed by atoms with Crippen LogP contribution in [-0.2, 0) is 9.59 Å². The number of nitrogens with one attached hydrogen (secondary N) is 1. The molecule has 0 spiro atoms. The second-order valence-corrected chi connectivity index (χ2v) is 5.51. The maximum atomic E-state index is 12.8. The van der Waals surface area contributed by atoms with Crippen LogP contribution in [0.3, 0.4) is 0 Å². The summed E-state index contributed by atoms with van der Waals surface area (Å²) in [5.41, 5.74) is 0.646. The lowest BCUT2D eigenvalue weighted by molar-refractivity contribution is -0.122. The van der Waals surface area contributed by atoms with Gasteiger partial charge in [0.1, 0.15) is 5.57 Å². The van der Waals surface area contributed by atoms with Crippen LogP contribution >= 0.6 is 0 Å². The molecule has 138 valence electrons. The molecule has 1 aromatic carbocycles. The van der Waals surface area contributed by atoms with Gasteiger partial charge in [-0.3, -0.25) is 19.9 Å².